The van der Waals surface area contributed by atoms with Crippen LogP contribution in [0, 0.1) is 0 Å². The zero-order valence-corrected chi connectivity index (χ0v) is 11.1. The standard InChI is InChI=1S/C10H23N3O3S/c1-4-6-13(12-17-16)7-10(15)9(5-2)11-8(3)14/h9-10,12,15,17H,4-7H2,1-3H3,(H,11,14)/i3T,17T. The van der Waals surface area contributed by atoms with Gasteiger partial charge in [0, 0.05) is 33.5 Å². The van der Waals surface area contributed by atoms with Gasteiger partial charge in [-0.3, -0.25) is 4.79 Å². The summed E-state index contributed by atoms with van der Waals surface area (Å²) in [5.74, 6) is -0.440. The number of amides is 1. The Morgan fingerprint density at radius 3 is 2.88 bits per heavy atom. The number of aliphatic hydroxyl groups excluding tert-OH is 1. The quantitative estimate of drug-likeness (QED) is 0.294. The maximum Gasteiger partial charge on any atom is 0.384 e. The van der Waals surface area contributed by atoms with Crippen molar-refractivity contribution < 1.29 is 15.8 Å². The summed E-state index contributed by atoms with van der Waals surface area (Å²) in [5.41, 5.74) is 0. The van der Waals surface area contributed by atoms with Gasteiger partial charge in [-0.1, -0.05) is 18.7 Å². The highest BCUT2D eigenvalue weighted by Crippen LogP contribution is 2.01. The number of carbonyl (C=O) groups is 1. The number of hydrogen-bond donors (Lipinski definition) is 3. The van der Waals surface area contributed by atoms with Crippen molar-refractivity contribution in [2.75, 3.05) is 13.1 Å². The van der Waals surface area contributed by atoms with Crippen molar-refractivity contribution in [1.82, 2.24) is 15.2 Å². The molecule has 0 saturated carbocycles. The molecule has 102 valence electrons. The normalized spacial score (nSPS) is 18.2. The van der Waals surface area contributed by atoms with Gasteiger partial charge in [0.15, 0.2) is 0 Å². The van der Waals surface area contributed by atoms with Gasteiger partial charge in [-0.05, 0) is 12.8 Å². The Hall–Kier alpha value is -0.340. The first-order valence-corrected chi connectivity index (χ1v) is 6.39. The van der Waals surface area contributed by atoms with Gasteiger partial charge in [0.25, 0.3) is 0 Å². The van der Waals surface area contributed by atoms with Crippen LogP contribution >= 0.6 is 0 Å². The average molecular weight is 269 g/mol. The molecular weight excluding hydrogens is 242 g/mol. The Balaban J connectivity index is 4.40. The fraction of sp³-hybridized carbons (Fsp3) is 0.900. The van der Waals surface area contributed by atoms with E-state index in [1.165, 1.54) is 5.01 Å². The molecule has 3 atom stereocenters. The lowest BCUT2D eigenvalue weighted by atomic mass is 10.1. The third-order valence-corrected chi connectivity index (χ3v) is 2.65. The van der Waals surface area contributed by atoms with Crippen LogP contribution in [0.1, 0.15) is 35.0 Å². The highest BCUT2D eigenvalue weighted by molar-refractivity contribution is 7.70. The molecule has 0 bridgehead atoms. The second kappa shape index (κ2) is 9.67. The van der Waals surface area contributed by atoms with Gasteiger partial charge in [0.1, 0.15) is 0 Å². The van der Waals surface area contributed by atoms with Crippen LogP contribution in [0.4, 0.5) is 0 Å². The molecule has 0 spiro atoms. The Labute approximate surface area is 110 Å². The second-order valence-electron chi connectivity index (χ2n) is 3.77. The first-order valence-electron chi connectivity index (χ1n) is 6.76. The molecule has 0 aliphatic carbocycles. The highest BCUT2D eigenvalue weighted by atomic mass is 32.2. The van der Waals surface area contributed by atoms with E-state index in [0.29, 0.717) is 13.0 Å². The first kappa shape index (κ1) is 13.1. The zero-order valence-electron chi connectivity index (χ0n) is 12.3. The predicted octanol–water partition coefficient (Wildman–Crippen LogP) is -0.661. The Bertz CT molecular complexity index is 262. The van der Waals surface area contributed by atoms with Crippen molar-refractivity contribution in [3.63, 3.8) is 0 Å². The summed E-state index contributed by atoms with van der Waals surface area (Å²) in [5, 5.41) is 14.1. The van der Waals surface area contributed by atoms with E-state index in [1.807, 2.05) is 13.8 Å². The summed E-state index contributed by atoms with van der Waals surface area (Å²) in [7, 11) is 0. The Kier molecular flexibility index (Phi) is 7.45. The number of hydrazine groups is 1. The van der Waals surface area contributed by atoms with Gasteiger partial charge in [-0.15, -0.1) is 0 Å². The molecule has 0 aromatic carbocycles. The molecule has 0 aliphatic rings. The van der Waals surface area contributed by atoms with Gasteiger partial charge < -0.3 is 15.0 Å². The molecule has 0 rings (SSSR count). The average Bonchev–Trinajstić information content (AvgIpc) is 2.34. The van der Waals surface area contributed by atoms with Crippen LogP contribution in [0.15, 0.2) is 0 Å². The number of nitrogens with one attached hydrogen (secondary N) is 2. The third kappa shape index (κ3) is 7.56. The number of nitrogens with zero attached hydrogens (tertiary/aromatic N) is 1. The molecule has 1 amide bonds. The van der Waals surface area contributed by atoms with Gasteiger partial charge in [-0.2, -0.15) is 0 Å². The summed E-state index contributed by atoms with van der Waals surface area (Å²) in [6, 6.07) is -0.460. The van der Waals surface area contributed by atoms with E-state index in [-0.39, 0.29) is 13.4 Å². The van der Waals surface area contributed by atoms with E-state index in [9.17, 15) is 14.5 Å². The van der Waals surface area contributed by atoms with Crippen molar-refractivity contribution in [3.05, 3.63) is 0 Å². The maximum absolute atomic E-state index is 11.2. The van der Waals surface area contributed by atoms with Crippen molar-refractivity contribution in [2.24, 2.45) is 0 Å². The van der Waals surface area contributed by atoms with Gasteiger partial charge in [0.2, 0.25) is 5.91 Å². The van der Waals surface area contributed by atoms with Gasteiger partial charge in [0.05, 0.1) is 12.1 Å². The Morgan fingerprint density at radius 2 is 2.41 bits per heavy atom. The molecule has 0 fully saturated rings. The lowest BCUT2D eigenvalue weighted by Gasteiger charge is -2.27. The van der Waals surface area contributed by atoms with E-state index in [0.717, 1.165) is 6.42 Å². The first-order chi connectivity index (χ1) is 8.94. The monoisotopic (exact) mass is 269 g/mol. The minimum Gasteiger partial charge on any atom is -0.599 e. The lowest BCUT2D eigenvalue weighted by Crippen LogP contribution is -2.50. The molecule has 3 unspecified atom stereocenters. The van der Waals surface area contributed by atoms with Gasteiger partial charge in [-0.25, -0.2) is 5.01 Å². The van der Waals surface area contributed by atoms with E-state index < -0.39 is 30.2 Å². The molecular formula is C10H23N3O3S. The summed E-state index contributed by atoms with van der Waals surface area (Å²) in [4.78, 5) is 13.6. The fourth-order valence-corrected chi connectivity index (χ4v) is 1.80. The minimum absolute atomic E-state index is 0.148. The highest BCUT2D eigenvalue weighted by Gasteiger charge is 2.21. The second-order valence-corrected chi connectivity index (χ2v) is 4.12. The number of aliphatic hydroxyl groups is 1. The zero-order chi connectivity index (χ0) is 14.8. The molecule has 0 aromatic heterocycles. The van der Waals surface area contributed by atoms with Crippen molar-refractivity contribution in [1.29, 1.82) is 1.12 Å². The number of carbonyl (C=O) groups excluding carboxylic acids is 1. The summed E-state index contributed by atoms with van der Waals surface area (Å²) in [6.07, 6.45) is 0.437. The molecule has 6 nitrogen and oxygen atoms in total. The molecule has 0 aromatic rings. The van der Waals surface area contributed by atoms with Crippen LogP contribution in [0.25, 0.3) is 0 Å². The summed E-state index contributed by atoms with van der Waals surface area (Å²) in [6.45, 7) is 4.04. The van der Waals surface area contributed by atoms with Crippen LogP contribution in [-0.2, 0) is 16.9 Å². The number of rotatable bonds is 9. The van der Waals surface area contributed by atoms with Crippen LogP contribution in [0.2, 0.25) is 0 Å². The predicted molar refractivity (Wildman–Crippen MR) is 68.4 cm³/mol. The van der Waals surface area contributed by atoms with Crippen LogP contribution in [-0.4, -0.2) is 46.9 Å². The van der Waals surface area contributed by atoms with E-state index in [1.54, 1.807) is 0 Å². The van der Waals surface area contributed by atoms with Crippen molar-refractivity contribution in [2.45, 2.75) is 45.7 Å². The maximum atomic E-state index is 11.2. The molecule has 0 heterocycles. The van der Waals surface area contributed by atoms with Crippen LogP contribution < -0.4 is 10.1 Å². The molecule has 0 radical (unpaired) electrons. The lowest BCUT2D eigenvalue weighted by molar-refractivity contribution is -0.120. The molecule has 17 heavy (non-hydrogen) atoms. The van der Waals surface area contributed by atoms with Crippen LogP contribution in [0.5, 0.6) is 0 Å². The summed E-state index contributed by atoms with van der Waals surface area (Å²) < 4.78 is 24.7. The number of thiol groups is 1. The third-order valence-electron chi connectivity index (χ3n) is 2.32. The largest absolute Gasteiger partial charge is 0.599 e. The van der Waals surface area contributed by atoms with Crippen LogP contribution in [0.3, 0.4) is 0 Å². The molecule has 7 heteroatoms. The Morgan fingerprint density at radius 1 is 1.71 bits per heavy atom. The molecule has 0 aliphatic heterocycles. The smallest absolute Gasteiger partial charge is 0.384 e. The molecule has 0 saturated heterocycles. The summed E-state index contributed by atoms with van der Waals surface area (Å²) >= 11 is -1.94. The topological polar surface area (TPSA) is 87.7 Å². The van der Waals surface area contributed by atoms with Crippen molar-refractivity contribution in [3.8, 4) is 0 Å². The van der Waals surface area contributed by atoms with Gasteiger partial charge >= 0.3 is 1.12 Å². The van der Waals surface area contributed by atoms with Crippen molar-refractivity contribution >= 4 is 18.0 Å². The van der Waals surface area contributed by atoms with E-state index in [4.69, 9.17) is 2.49 Å². The molecule has 3 N–H and O–H groups in total. The minimum atomic E-state index is -1.94. The SMILES string of the molecule is [3H]CC(=O)NC(CC)C(O)CN(CCC)N[S+]([3H])[O-]. The number of hydrogen-bond acceptors (Lipinski definition) is 5. The van der Waals surface area contributed by atoms with E-state index >= 15 is 0 Å². The fourth-order valence-electron chi connectivity index (χ4n) is 1.53. The van der Waals surface area contributed by atoms with E-state index in [2.05, 4.69) is 10.1 Å².